The van der Waals surface area contributed by atoms with Gasteiger partial charge in [0.2, 0.25) is 5.91 Å². The van der Waals surface area contributed by atoms with Gasteiger partial charge in [0, 0.05) is 23.1 Å². The van der Waals surface area contributed by atoms with E-state index >= 15 is 0 Å². The van der Waals surface area contributed by atoms with Crippen LogP contribution in [0.5, 0.6) is 0 Å². The van der Waals surface area contributed by atoms with Crippen LogP contribution >= 0.6 is 0 Å². The highest BCUT2D eigenvalue weighted by Crippen LogP contribution is 2.28. The Morgan fingerprint density at radius 2 is 1.44 bits per heavy atom. The number of nitrogens with one attached hydrogen (secondary N) is 1. The number of sulfone groups is 1. The maximum atomic E-state index is 13.3. The molecule has 0 atom stereocenters. The molecular weight excluding hydrogens is 475 g/mol. The molecule has 1 saturated carbocycles. The van der Waals surface area contributed by atoms with Gasteiger partial charge < -0.3 is 9.88 Å². The molecule has 0 unspecified atom stereocenters. The van der Waals surface area contributed by atoms with Crippen molar-refractivity contribution in [3.05, 3.63) is 66.1 Å². The SMILES string of the molecule is O=C(Cn1cc(S(=O)(=O)Cc2ccc(F)cc2)c2ccccc21)NC1CCCCCCCCCCC1. The van der Waals surface area contributed by atoms with Crippen LogP contribution < -0.4 is 5.32 Å². The Morgan fingerprint density at radius 3 is 2.08 bits per heavy atom. The van der Waals surface area contributed by atoms with Crippen molar-refractivity contribution in [2.75, 3.05) is 0 Å². The van der Waals surface area contributed by atoms with E-state index < -0.39 is 15.7 Å². The molecule has 0 aliphatic heterocycles. The summed E-state index contributed by atoms with van der Waals surface area (Å²) in [5.74, 6) is -0.717. The second-order valence-corrected chi connectivity index (χ2v) is 12.0. The molecule has 0 spiro atoms. The first-order valence-electron chi connectivity index (χ1n) is 13.3. The van der Waals surface area contributed by atoms with Crippen LogP contribution in [-0.4, -0.2) is 24.9 Å². The maximum absolute atomic E-state index is 13.3. The van der Waals surface area contributed by atoms with Crippen LogP contribution in [0, 0.1) is 5.82 Å². The van der Waals surface area contributed by atoms with E-state index in [4.69, 9.17) is 0 Å². The Bertz CT molecular complexity index is 1240. The Labute approximate surface area is 214 Å². The third-order valence-corrected chi connectivity index (χ3v) is 8.85. The van der Waals surface area contributed by atoms with E-state index in [0.717, 1.165) is 25.7 Å². The maximum Gasteiger partial charge on any atom is 0.240 e. The van der Waals surface area contributed by atoms with E-state index in [1.807, 2.05) is 12.1 Å². The lowest BCUT2D eigenvalue weighted by Gasteiger charge is -2.20. The molecule has 3 aromatic rings. The summed E-state index contributed by atoms with van der Waals surface area (Å²) in [4.78, 5) is 13.3. The summed E-state index contributed by atoms with van der Waals surface area (Å²) in [6.45, 7) is 0.0725. The fourth-order valence-electron chi connectivity index (χ4n) is 5.21. The van der Waals surface area contributed by atoms with Gasteiger partial charge in [-0.3, -0.25) is 4.79 Å². The zero-order valence-corrected chi connectivity index (χ0v) is 21.7. The topological polar surface area (TPSA) is 68.2 Å². The van der Waals surface area contributed by atoms with E-state index in [1.54, 1.807) is 22.9 Å². The van der Waals surface area contributed by atoms with E-state index in [9.17, 15) is 17.6 Å². The van der Waals surface area contributed by atoms with Crippen molar-refractivity contribution < 1.29 is 17.6 Å². The smallest absolute Gasteiger partial charge is 0.240 e. The summed E-state index contributed by atoms with van der Waals surface area (Å²) < 4.78 is 41.6. The summed E-state index contributed by atoms with van der Waals surface area (Å²) in [6, 6.07) is 12.9. The molecule has 1 aliphatic rings. The zero-order valence-electron chi connectivity index (χ0n) is 20.9. The van der Waals surface area contributed by atoms with Crippen LogP contribution in [0.1, 0.15) is 76.2 Å². The van der Waals surface area contributed by atoms with E-state index in [0.29, 0.717) is 16.5 Å². The van der Waals surface area contributed by atoms with Gasteiger partial charge in [0.05, 0.1) is 10.6 Å². The lowest BCUT2D eigenvalue weighted by atomic mass is 9.98. The number of hydrogen-bond acceptors (Lipinski definition) is 3. The van der Waals surface area contributed by atoms with Gasteiger partial charge in [-0.2, -0.15) is 0 Å². The minimum atomic E-state index is -3.69. The number of nitrogens with zero attached hydrogens (tertiary/aromatic N) is 1. The summed E-state index contributed by atoms with van der Waals surface area (Å²) in [6.07, 6.45) is 14.7. The van der Waals surface area contributed by atoms with E-state index in [2.05, 4.69) is 5.32 Å². The predicted octanol–water partition coefficient (Wildman–Crippen LogP) is 6.54. The Balaban J connectivity index is 1.48. The monoisotopic (exact) mass is 512 g/mol. The molecule has 4 rings (SSSR count). The van der Waals surface area contributed by atoms with Crippen molar-refractivity contribution >= 4 is 26.6 Å². The summed E-state index contributed by atoms with van der Waals surface area (Å²) in [5.41, 5.74) is 1.23. The molecule has 1 N–H and O–H groups in total. The van der Waals surface area contributed by atoms with Crippen LogP contribution in [-0.2, 0) is 26.9 Å². The van der Waals surface area contributed by atoms with Crippen molar-refractivity contribution in [1.82, 2.24) is 9.88 Å². The van der Waals surface area contributed by atoms with Crippen molar-refractivity contribution in [2.24, 2.45) is 0 Å². The van der Waals surface area contributed by atoms with Gasteiger partial charge in [0.15, 0.2) is 9.84 Å². The van der Waals surface area contributed by atoms with Gasteiger partial charge >= 0.3 is 0 Å². The van der Waals surface area contributed by atoms with Gasteiger partial charge in [0.1, 0.15) is 12.4 Å². The standard InChI is InChI=1S/C29H37FN2O3S/c30-24-18-16-23(17-19-24)22-36(34,35)28-20-32(27-15-11-10-14-26(27)28)21-29(33)31-25-12-8-6-4-2-1-3-5-7-9-13-25/h10-11,14-20,25H,1-9,12-13,21-22H2,(H,31,33). The number of hydrogen-bond donors (Lipinski definition) is 1. The third kappa shape index (κ3) is 7.19. The molecule has 0 saturated heterocycles. The first-order chi connectivity index (χ1) is 17.4. The molecule has 0 bridgehead atoms. The normalized spacial score (nSPS) is 16.8. The summed E-state index contributed by atoms with van der Waals surface area (Å²) >= 11 is 0. The summed E-state index contributed by atoms with van der Waals surface area (Å²) in [5, 5.41) is 3.83. The highest BCUT2D eigenvalue weighted by molar-refractivity contribution is 7.90. The van der Waals surface area contributed by atoms with Crippen LogP contribution in [0.2, 0.25) is 0 Å². The van der Waals surface area contributed by atoms with Crippen molar-refractivity contribution in [2.45, 2.75) is 93.9 Å². The second-order valence-electron chi connectivity index (χ2n) is 10.0. The Kier molecular flexibility index (Phi) is 9.19. The molecule has 2 aromatic carbocycles. The number of benzene rings is 2. The highest BCUT2D eigenvalue weighted by Gasteiger charge is 2.23. The number of amides is 1. The Hall–Kier alpha value is -2.67. The number of aromatic nitrogens is 1. The summed E-state index contributed by atoms with van der Waals surface area (Å²) in [7, 11) is -3.69. The molecule has 194 valence electrons. The average molecular weight is 513 g/mol. The molecule has 1 fully saturated rings. The van der Waals surface area contributed by atoms with Crippen LogP contribution in [0.15, 0.2) is 59.6 Å². The molecule has 1 aromatic heterocycles. The fourth-order valence-corrected chi connectivity index (χ4v) is 6.79. The van der Waals surface area contributed by atoms with Gasteiger partial charge in [-0.15, -0.1) is 0 Å². The number of carbonyl (C=O) groups is 1. The first kappa shape index (κ1) is 26.4. The molecule has 5 nitrogen and oxygen atoms in total. The van der Waals surface area contributed by atoms with Crippen molar-refractivity contribution in [3.63, 3.8) is 0 Å². The van der Waals surface area contributed by atoms with Crippen molar-refractivity contribution in [1.29, 1.82) is 0 Å². The van der Waals surface area contributed by atoms with Crippen molar-refractivity contribution in [3.8, 4) is 0 Å². The predicted molar refractivity (Wildman–Crippen MR) is 142 cm³/mol. The first-order valence-corrected chi connectivity index (χ1v) is 14.9. The second kappa shape index (κ2) is 12.5. The highest BCUT2D eigenvalue weighted by atomic mass is 32.2. The minimum absolute atomic E-state index is 0.0725. The largest absolute Gasteiger partial charge is 0.352 e. The number of para-hydroxylation sites is 1. The average Bonchev–Trinajstić information content (AvgIpc) is 3.21. The van der Waals surface area contributed by atoms with E-state index in [-0.39, 0.29) is 29.1 Å². The number of rotatable bonds is 6. The van der Waals surface area contributed by atoms with Crippen LogP contribution in [0.3, 0.4) is 0 Å². The molecular formula is C29H37FN2O3S. The number of carbonyl (C=O) groups excluding carboxylic acids is 1. The lowest BCUT2D eigenvalue weighted by molar-refractivity contribution is -0.122. The molecule has 0 radical (unpaired) electrons. The van der Waals surface area contributed by atoms with E-state index in [1.165, 1.54) is 69.2 Å². The Morgan fingerprint density at radius 1 is 0.861 bits per heavy atom. The lowest BCUT2D eigenvalue weighted by Crippen LogP contribution is -2.37. The fraction of sp³-hybridized carbons (Fsp3) is 0.483. The van der Waals surface area contributed by atoms with Crippen LogP contribution in [0.25, 0.3) is 10.9 Å². The van der Waals surface area contributed by atoms with Gasteiger partial charge in [-0.05, 0) is 36.6 Å². The van der Waals surface area contributed by atoms with Gasteiger partial charge in [0.25, 0.3) is 0 Å². The zero-order chi connectivity index (χ0) is 25.4. The number of halogens is 1. The molecule has 36 heavy (non-hydrogen) atoms. The third-order valence-electron chi connectivity index (χ3n) is 7.14. The molecule has 1 amide bonds. The minimum Gasteiger partial charge on any atom is -0.352 e. The van der Waals surface area contributed by atoms with Crippen LogP contribution in [0.4, 0.5) is 4.39 Å². The quantitative estimate of drug-likeness (QED) is 0.408. The van der Waals surface area contributed by atoms with Gasteiger partial charge in [-0.1, -0.05) is 88.1 Å². The van der Waals surface area contributed by atoms with Gasteiger partial charge in [-0.25, -0.2) is 12.8 Å². The molecule has 1 heterocycles. The number of fused-ring (bicyclic) bond motifs is 1. The molecule has 1 aliphatic carbocycles. The molecule has 7 heteroatoms.